The molecular formula is C21H25N3OS. The van der Waals surface area contributed by atoms with Gasteiger partial charge < -0.3 is 5.32 Å². The van der Waals surface area contributed by atoms with Crippen molar-refractivity contribution in [1.82, 2.24) is 10.3 Å². The molecule has 4 rings (SSSR count). The van der Waals surface area contributed by atoms with Crippen molar-refractivity contribution < 1.29 is 4.79 Å². The first kappa shape index (κ1) is 17.4. The first-order valence-electron chi connectivity index (χ1n) is 9.71. The number of aliphatic imine (C=N–C) groups is 1. The molecule has 0 aliphatic heterocycles. The van der Waals surface area contributed by atoms with E-state index in [0.29, 0.717) is 6.04 Å². The van der Waals surface area contributed by atoms with Gasteiger partial charge in [0, 0.05) is 29.5 Å². The molecule has 0 radical (unpaired) electrons. The molecule has 4 nitrogen and oxygen atoms in total. The molecule has 2 aliphatic carbocycles. The highest BCUT2D eigenvalue weighted by Crippen LogP contribution is 2.40. The third-order valence-corrected chi connectivity index (χ3v) is 6.56. The molecule has 1 saturated carbocycles. The fraction of sp³-hybridized carbons (Fsp3) is 0.476. The Morgan fingerprint density at radius 2 is 1.88 bits per heavy atom. The van der Waals surface area contributed by atoms with Crippen molar-refractivity contribution in [1.29, 1.82) is 0 Å². The Morgan fingerprint density at radius 3 is 2.69 bits per heavy atom. The summed E-state index contributed by atoms with van der Waals surface area (Å²) >= 11 is 1.70. The molecular weight excluding hydrogens is 342 g/mol. The van der Waals surface area contributed by atoms with E-state index in [1.165, 1.54) is 42.5 Å². The van der Waals surface area contributed by atoms with Crippen LogP contribution in [0.1, 0.15) is 71.3 Å². The first-order chi connectivity index (χ1) is 12.8. The van der Waals surface area contributed by atoms with Crippen molar-refractivity contribution in [2.45, 2.75) is 63.8 Å². The van der Waals surface area contributed by atoms with Gasteiger partial charge in [-0.1, -0.05) is 19.3 Å². The monoisotopic (exact) mass is 367 g/mol. The molecule has 26 heavy (non-hydrogen) atoms. The van der Waals surface area contributed by atoms with Crippen LogP contribution in [0.3, 0.4) is 0 Å². The van der Waals surface area contributed by atoms with Crippen LogP contribution in [0.4, 0.5) is 5.00 Å². The topological polar surface area (TPSA) is 54.4 Å². The number of aromatic nitrogens is 1. The maximum absolute atomic E-state index is 13.1. The largest absolute Gasteiger partial charge is 0.349 e. The summed E-state index contributed by atoms with van der Waals surface area (Å²) in [5.41, 5.74) is 3.09. The van der Waals surface area contributed by atoms with E-state index >= 15 is 0 Å². The van der Waals surface area contributed by atoms with Gasteiger partial charge in [-0.2, -0.15) is 0 Å². The minimum absolute atomic E-state index is 0.0816. The molecule has 0 spiro atoms. The predicted molar refractivity (Wildman–Crippen MR) is 107 cm³/mol. The minimum Gasteiger partial charge on any atom is -0.349 e. The summed E-state index contributed by atoms with van der Waals surface area (Å²) in [6, 6.07) is 4.19. The van der Waals surface area contributed by atoms with Gasteiger partial charge in [0.25, 0.3) is 5.91 Å². The van der Waals surface area contributed by atoms with Crippen LogP contribution in [-0.4, -0.2) is 23.1 Å². The number of hydrogen-bond donors (Lipinski definition) is 1. The van der Waals surface area contributed by atoms with Crippen LogP contribution in [0, 0.1) is 0 Å². The van der Waals surface area contributed by atoms with Crippen molar-refractivity contribution >= 4 is 28.5 Å². The lowest BCUT2D eigenvalue weighted by Crippen LogP contribution is -2.36. The highest BCUT2D eigenvalue weighted by molar-refractivity contribution is 7.16. The summed E-state index contributed by atoms with van der Waals surface area (Å²) in [5.74, 6) is 0.0816. The van der Waals surface area contributed by atoms with Crippen LogP contribution in [-0.2, 0) is 12.8 Å². The number of nitrogens with one attached hydrogen (secondary N) is 1. The molecule has 2 heterocycles. The van der Waals surface area contributed by atoms with E-state index in [4.69, 9.17) is 4.99 Å². The zero-order chi connectivity index (χ0) is 17.8. The van der Waals surface area contributed by atoms with E-state index in [9.17, 15) is 4.79 Å². The van der Waals surface area contributed by atoms with Gasteiger partial charge in [0.2, 0.25) is 0 Å². The van der Waals surface area contributed by atoms with E-state index in [2.05, 4.69) is 10.3 Å². The quantitative estimate of drug-likeness (QED) is 0.787. The Bertz CT molecular complexity index is 791. The molecule has 136 valence electrons. The second-order valence-corrected chi connectivity index (χ2v) is 8.32. The van der Waals surface area contributed by atoms with Crippen molar-refractivity contribution in [3.05, 3.63) is 46.1 Å². The minimum atomic E-state index is 0.0816. The Labute approximate surface area is 158 Å². The number of thiophene rings is 1. The first-order valence-corrected chi connectivity index (χ1v) is 10.5. The van der Waals surface area contributed by atoms with Crippen LogP contribution in [0.2, 0.25) is 0 Å². The van der Waals surface area contributed by atoms with Crippen LogP contribution < -0.4 is 5.32 Å². The Balaban J connectivity index is 1.62. The van der Waals surface area contributed by atoms with Gasteiger partial charge in [0.15, 0.2) is 0 Å². The zero-order valence-electron chi connectivity index (χ0n) is 15.0. The predicted octanol–water partition coefficient (Wildman–Crippen LogP) is 4.84. The van der Waals surface area contributed by atoms with Gasteiger partial charge >= 0.3 is 0 Å². The molecule has 0 aromatic carbocycles. The molecule has 0 saturated heterocycles. The normalized spacial score (nSPS) is 18.0. The van der Waals surface area contributed by atoms with E-state index in [1.54, 1.807) is 23.7 Å². The fourth-order valence-corrected chi connectivity index (χ4v) is 5.19. The molecule has 1 N–H and O–H groups in total. The summed E-state index contributed by atoms with van der Waals surface area (Å²) in [4.78, 5) is 23.2. The molecule has 2 aromatic heterocycles. The Morgan fingerprint density at radius 1 is 1.12 bits per heavy atom. The molecule has 5 heteroatoms. The summed E-state index contributed by atoms with van der Waals surface area (Å²) in [7, 11) is 0. The number of amides is 1. The van der Waals surface area contributed by atoms with Crippen molar-refractivity contribution in [3.63, 3.8) is 0 Å². The van der Waals surface area contributed by atoms with Crippen molar-refractivity contribution in [2.24, 2.45) is 4.99 Å². The number of aryl methyl sites for hydroxylation is 1. The third kappa shape index (κ3) is 3.88. The molecule has 0 bridgehead atoms. The molecule has 2 aliphatic rings. The van der Waals surface area contributed by atoms with E-state index in [1.807, 2.05) is 18.3 Å². The average Bonchev–Trinajstić information content (AvgIpc) is 3.06. The summed E-state index contributed by atoms with van der Waals surface area (Å²) in [5, 5.41) is 4.16. The standard InChI is InChI=1S/C21H25N3OS/c25-20(24-16-6-2-1-3-7-16)19-17-8-4-5-9-18(17)26-21(19)23-14-15-10-12-22-13-11-15/h10-14,16H,1-9H2,(H,24,25)/b23-14+. The molecule has 2 aromatic rings. The van der Waals surface area contributed by atoms with Gasteiger partial charge in [0.1, 0.15) is 5.00 Å². The van der Waals surface area contributed by atoms with E-state index in [0.717, 1.165) is 41.8 Å². The number of carbonyl (C=O) groups excluding carboxylic acids is 1. The van der Waals surface area contributed by atoms with Crippen LogP contribution >= 0.6 is 11.3 Å². The van der Waals surface area contributed by atoms with Gasteiger partial charge in [-0.25, -0.2) is 4.99 Å². The van der Waals surface area contributed by atoms with E-state index < -0.39 is 0 Å². The second-order valence-electron chi connectivity index (χ2n) is 7.24. The van der Waals surface area contributed by atoms with Crippen LogP contribution in [0.5, 0.6) is 0 Å². The molecule has 1 amide bonds. The lowest BCUT2D eigenvalue weighted by molar-refractivity contribution is 0.0927. The maximum atomic E-state index is 13.1. The van der Waals surface area contributed by atoms with Gasteiger partial charge in [-0.05, 0) is 61.8 Å². The lowest BCUT2D eigenvalue weighted by Gasteiger charge is -2.23. The van der Waals surface area contributed by atoms with Crippen molar-refractivity contribution in [3.8, 4) is 0 Å². The van der Waals surface area contributed by atoms with Crippen LogP contribution in [0.15, 0.2) is 29.5 Å². The summed E-state index contributed by atoms with van der Waals surface area (Å²) in [6.07, 6.45) is 15.8. The van der Waals surface area contributed by atoms with Gasteiger partial charge in [-0.15, -0.1) is 11.3 Å². The average molecular weight is 368 g/mol. The van der Waals surface area contributed by atoms with Gasteiger partial charge in [-0.3, -0.25) is 9.78 Å². The third-order valence-electron chi connectivity index (χ3n) is 5.36. The van der Waals surface area contributed by atoms with Crippen molar-refractivity contribution in [2.75, 3.05) is 0 Å². The Kier molecular flexibility index (Phi) is 5.44. The van der Waals surface area contributed by atoms with Gasteiger partial charge in [0.05, 0.1) is 5.56 Å². The zero-order valence-corrected chi connectivity index (χ0v) is 15.9. The van der Waals surface area contributed by atoms with E-state index in [-0.39, 0.29) is 5.91 Å². The number of carbonyl (C=O) groups is 1. The number of nitrogens with zero attached hydrogens (tertiary/aromatic N) is 2. The number of hydrogen-bond acceptors (Lipinski definition) is 4. The highest BCUT2D eigenvalue weighted by atomic mass is 32.1. The molecule has 0 atom stereocenters. The highest BCUT2D eigenvalue weighted by Gasteiger charge is 2.26. The fourth-order valence-electron chi connectivity index (χ4n) is 3.96. The second kappa shape index (κ2) is 8.12. The Hall–Kier alpha value is -2.01. The van der Waals surface area contributed by atoms with Crippen LogP contribution in [0.25, 0.3) is 0 Å². The summed E-state index contributed by atoms with van der Waals surface area (Å²) < 4.78 is 0. The number of pyridine rings is 1. The number of fused-ring (bicyclic) bond motifs is 1. The number of rotatable bonds is 4. The SMILES string of the molecule is O=C(NC1CCCCC1)c1c(/N=C/c2ccncc2)sc2c1CCCC2. The lowest BCUT2D eigenvalue weighted by atomic mass is 9.93. The maximum Gasteiger partial charge on any atom is 0.254 e. The summed E-state index contributed by atoms with van der Waals surface area (Å²) in [6.45, 7) is 0. The molecule has 1 fully saturated rings. The molecule has 0 unspecified atom stereocenters. The smallest absolute Gasteiger partial charge is 0.254 e.